The van der Waals surface area contributed by atoms with Crippen LogP contribution in [0.2, 0.25) is 5.02 Å². The Morgan fingerprint density at radius 3 is 2.46 bits per heavy atom. The van der Waals surface area contributed by atoms with Gasteiger partial charge in [0, 0.05) is 30.3 Å². The van der Waals surface area contributed by atoms with Crippen molar-refractivity contribution in [2.24, 2.45) is 5.92 Å². The van der Waals surface area contributed by atoms with Gasteiger partial charge in [0.15, 0.2) is 0 Å². The summed E-state index contributed by atoms with van der Waals surface area (Å²) >= 11 is 5.92. The molecule has 1 fully saturated rings. The largest absolute Gasteiger partial charge is 0.371 e. The maximum Gasteiger partial charge on any atom is 0.240 e. The van der Waals surface area contributed by atoms with Crippen LogP contribution < -0.4 is 9.62 Å². The normalized spacial score (nSPS) is 18.1. The summed E-state index contributed by atoms with van der Waals surface area (Å²) in [5, 5.41) is 0.723. The molecule has 0 radical (unpaired) electrons. The molecule has 6 heteroatoms. The van der Waals surface area contributed by atoms with E-state index in [1.165, 1.54) is 0 Å². The van der Waals surface area contributed by atoms with Crippen LogP contribution in [0, 0.1) is 12.8 Å². The molecule has 24 heavy (non-hydrogen) atoms. The Balaban J connectivity index is 1.57. The minimum Gasteiger partial charge on any atom is -0.371 e. The number of benzene rings is 2. The number of hydrogen-bond donors (Lipinski definition) is 1. The summed E-state index contributed by atoms with van der Waals surface area (Å²) in [4.78, 5) is 2.59. The van der Waals surface area contributed by atoms with Crippen LogP contribution in [0.15, 0.2) is 53.4 Å². The molecule has 1 aliphatic heterocycles. The van der Waals surface area contributed by atoms with Crippen molar-refractivity contribution in [1.29, 1.82) is 0 Å². The fraction of sp³-hybridized carbons (Fsp3) is 0.333. The van der Waals surface area contributed by atoms with E-state index in [9.17, 15) is 8.42 Å². The fourth-order valence-electron chi connectivity index (χ4n) is 2.91. The summed E-state index contributed by atoms with van der Waals surface area (Å²) in [5.74, 6) is 0.306. The fourth-order valence-corrected chi connectivity index (χ4v) is 4.16. The van der Waals surface area contributed by atoms with Gasteiger partial charge in [-0.05, 0) is 55.7 Å². The zero-order valence-corrected chi connectivity index (χ0v) is 15.1. The molecule has 0 aromatic heterocycles. The van der Waals surface area contributed by atoms with Gasteiger partial charge in [0.05, 0.1) is 4.90 Å². The number of rotatable bonds is 5. The Hall–Kier alpha value is -1.56. The van der Waals surface area contributed by atoms with Crippen molar-refractivity contribution in [1.82, 2.24) is 4.72 Å². The third kappa shape index (κ3) is 4.09. The van der Waals surface area contributed by atoms with Gasteiger partial charge in [-0.3, -0.25) is 0 Å². The van der Waals surface area contributed by atoms with Gasteiger partial charge in [0.2, 0.25) is 10.0 Å². The minimum atomic E-state index is -3.44. The molecule has 4 nitrogen and oxygen atoms in total. The number of nitrogens with zero attached hydrogens (tertiary/aromatic N) is 1. The third-order valence-electron chi connectivity index (χ3n) is 4.37. The summed E-state index contributed by atoms with van der Waals surface area (Å²) in [6.45, 7) is 4.17. The highest BCUT2D eigenvalue weighted by atomic mass is 35.5. The van der Waals surface area contributed by atoms with Crippen molar-refractivity contribution in [3.05, 3.63) is 59.1 Å². The molecule has 1 aliphatic rings. The Kier molecular flexibility index (Phi) is 5.13. The third-order valence-corrected chi connectivity index (χ3v) is 6.06. The quantitative estimate of drug-likeness (QED) is 0.884. The maximum absolute atomic E-state index is 12.3. The summed E-state index contributed by atoms with van der Waals surface area (Å²) in [6.07, 6.45) is 0.971. The lowest BCUT2D eigenvalue weighted by Crippen LogP contribution is -2.31. The van der Waals surface area contributed by atoms with Crippen molar-refractivity contribution in [2.75, 3.05) is 24.5 Å². The molecule has 2 aromatic carbocycles. The van der Waals surface area contributed by atoms with Crippen molar-refractivity contribution < 1.29 is 8.42 Å². The van der Waals surface area contributed by atoms with E-state index in [0.717, 1.165) is 35.8 Å². The summed E-state index contributed by atoms with van der Waals surface area (Å²) in [5.41, 5.74) is 2.17. The Labute approximate surface area is 148 Å². The molecule has 0 aliphatic carbocycles. The lowest BCUT2D eigenvalue weighted by molar-refractivity contribution is 0.541. The Morgan fingerprint density at radius 2 is 1.79 bits per heavy atom. The molecule has 1 heterocycles. The van der Waals surface area contributed by atoms with Crippen molar-refractivity contribution in [2.45, 2.75) is 18.2 Å². The second-order valence-corrected chi connectivity index (χ2v) is 8.45. The molecule has 2 aromatic rings. The molecule has 128 valence electrons. The van der Waals surface area contributed by atoms with Crippen molar-refractivity contribution in [3.63, 3.8) is 0 Å². The molecule has 0 amide bonds. The molecule has 1 N–H and O–H groups in total. The van der Waals surface area contributed by atoms with Crippen LogP contribution in [0.3, 0.4) is 0 Å². The average molecular weight is 365 g/mol. The van der Waals surface area contributed by atoms with E-state index in [4.69, 9.17) is 11.6 Å². The highest BCUT2D eigenvalue weighted by molar-refractivity contribution is 7.89. The van der Waals surface area contributed by atoms with Crippen LogP contribution in [0.4, 0.5) is 5.69 Å². The molecular weight excluding hydrogens is 344 g/mol. The zero-order valence-electron chi connectivity index (χ0n) is 13.6. The topological polar surface area (TPSA) is 49.4 Å². The lowest BCUT2D eigenvalue weighted by Gasteiger charge is -2.19. The van der Waals surface area contributed by atoms with Gasteiger partial charge in [-0.2, -0.15) is 0 Å². The lowest BCUT2D eigenvalue weighted by atomic mass is 10.1. The van der Waals surface area contributed by atoms with E-state index in [2.05, 4.69) is 9.62 Å². The van der Waals surface area contributed by atoms with Gasteiger partial charge < -0.3 is 4.90 Å². The van der Waals surface area contributed by atoms with Crippen LogP contribution in [0.25, 0.3) is 0 Å². The second kappa shape index (κ2) is 7.13. The summed E-state index contributed by atoms with van der Waals surface area (Å²) in [7, 11) is -3.44. The van der Waals surface area contributed by atoms with Crippen LogP contribution in [-0.2, 0) is 10.0 Å². The van der Waals surface area contributed by atoms with Gasteiger partial charge >= 0.3 is 0 Å². The first-order valence-electron chi connectivity index (χ1n) is 8.01. The molecular formula is C18H21ClN2O2S. The number of anilines is 1. The van der Waals surface area contributed by atoms with E-state index < -0.39 is 10.0 Å². The molecule has 0 bridgehead atoms. The van der Waals surface area contributed by atoms with Gasteiger partial charge in [-0.1, -0.05) is 29.3 Å². The van der Waals surface area contributed by atoms with Crippen molar-refractivity contribution >= 4 is 27.3 Å². The molecule has 1 saturated heterocycles. The highest BCUT2D eigenvalue weighted by Crippen LogP contribution is 2.25. The Morgan fingerprint density at radius 1 is 1.12 bits per heavy atom. The molecule has 0 saturated carbocycles. The Bertz CT molecular complexity index is 789. The second-order valence-electron chi connectivity index (χ2n) is 6.24. The first kappa shape index (κ1) is 17.3. The first-order valence-corrected chi connectivity index (χ1v) is 9.87. The average Bonchev–Trinajstić information content (AvgIpc) is 3.03. The predicted molar refractivity (Wildman–Crippen MR) is 98.1 cm³/mol. The minimum absolute atomic E-state index is 0.306. The van der Waals surface area contributed by atoms with E-state index in [1.54, 1.807) is 12.1 Å². The number of sulfonamides is 1. The predicted octanol–water partition coefficient (Wildman–Crippen LogP) is 3.45. The van der Waals surface area contributed by atoms with E-state index in [0.29, 0.717) is 17.4 Å². The maximum atomic E-state index is 12.3. The standard InChI is InChI=1S/C18H21ClN2O2S/c1-14-2-8-18(9-3-14)24(22,23)20-12-15-10-11-21(13-15)17-6-4-16(19)5-7-17/h2-9,15,20H,10-13H2,1H3. The summed E-state index contributed by atoms with van der Waals surface area (Å²) in [6, 6.07) is 14.7. The summed E-state index contributed by atoms with van der Waals surface area (Å²) < 4.78 is 27.4. The SMILES string of the molecule is Cc1ccc(S(=O)(=O)NCC2CCN(c3ccc(Cl)cc3)C2)cc1. The number of halogens is 1. The van der Waals surface area contributed by atoms with Crippen molar-refractivity contribution in [3.8, 4) is 0 Å². The van der Waals surface area contributed by atoms with E-state index in [-0.39, 0.29) is 0 Å². The number of hydrogen-bond acceptors (Lipinski definition) is 3. The van der Waals surface area contributed by atoms with Crippen LogP contribution >= 0.6 is 11.6 Å². The number of nitrogens with one attached hydrogen (secondary N) is 1. The molecule has 3 rings (SSSR count). The smallest absolute Gasteiger partial charge is 0.240 e. The van der Waals surface area contributed by atoms with E-state index >= 15 is 0 Å². The van der Waals surface area contributed by atoms with Gasteiger partial charge in [-0.25, -0.2) is 13.1 Å². The molecule has 1 atom stereocenters. The van der Waals surface area contributed by atoms with E-state index in [1.807, 2.05) is 43.3 Å². The number of aryl methyl sites for hydroxylation is 1. The van der Waals surface area contributed by atoms with Crippen LogP contribution in [0.5, 0.6) is 0 Å². The zero-order chi connectivity index (χ0) is 17.2. The molecule has 1 unspecified atom stereocenters. The first-order chi connectivity index (χ1) is 11.4. The highest BCUT2D eigenvalue weighted by Gasteiger charge is 2.24. The molecule has 0 spiro atoms. The monoisotopic (exact) mass is 364 g/mol. The van der Waals surface area contributed by atoms with Crippen LogP contribution in [-0.4, -0.2) is 28.1 Å². The van der Waals surface area contributed by atoms with Gasteiger partial charge in [0.25, 0.3) is 0 Å². The van der Waals surface area contributed by atoms with Crippen LogP contribution in [0.1, 0.15) is 12.0 Å². The van der Waals surface area contributed by atoms with Gasteiger partial charge in [-0.15, -0.1) is 0 Å². The van der Waals surface area contributed by atoms with Gasteiger partial charge in [0.1, 0.15) is 0 Å².